The summed E-state index contributed by atoms with van der Waals surface area (Å²) in [5.74, 6) is 6.62. The van der Waals surface area contributed by atoms with Crippen LogP contribution in [0.1, 0.15) is 0 Å². The van der Waals surface area contributed by atoms with E-state index in [1.54, 1.807) is 0 Å². The molecule has 0 fully saturated rings. The molecule has 0 spiro atoms. The highest BCUT2D eigenvalue weighted by Crippen LogP contribution is 2.54. The maximum Gasteiger partial charge on any atom is 0.174 e. The van der Waals surface area contributed by atoms with Gasteiger partial charge < -0.3 is 27.9 Å². The second-order valence-electron chi connectivity index (χ2n) is 26.3. The molecule has 0 unspecified atom stereocenters. The van der Waals surface area contributed by atoms with Crippen molar-refractivity contribution in [2.45, 2.75) is 0 Å². The zero-order valence-corrected chi connectivity index (χ0v) is 60.5. The van der Waals surface area contributed by atoms with E-state index in [1.165, 1.54) is 0 Å². The third kappa shape index (κ3) is 10.9. The molecule has 0 saturated carbocycles. The van der Waals surface area contributed by atoms with Gasteiger partial charge in [-0.25, -0.2) is 15.0 Å². The number of aromatic nitrogens is 6. The van der Waals surface area contributed by atoms with Gasteiger partial charge in [0.1, 0.15) is 39.5 Å². The van der Waals surface area contributed by atoms with Crippen LogP contribution < -0.4 is 62.0 Å². The predicted molar refractivity (Wildman–Crippen MR) is 438 cm³/mol. The summed E-state index contributed by atoms with van der Waals surface area (Å²) in [6, 6.07) is 124. The van der Waals surface area contributed by atoms with Crippen molar-refractivity contribution in [3.63, 3.8) is 0 Å². The Morgan fingerprint density at radius 1 is 0.231 bits per heavy atom. The summed E-state index contributed by atoms with van der Waals surface area (Å²) >= 11 is 0. The third-order valence-corrected chi connectivity index (χ3v) is 29.2. The minimum absolute atomic E-state index is 0.594. The van der Waals surface area contributed by atoms with Gasteiger partial charge in [0, 0.05) is 59.1 Å². The largest absolute Gasteiger partial charge is 0.453 e. The molecule has 0 aliphatic carbocycles. The molecule has 0 saturated heterocycles. The maximum absolute atomic E-state index is 15.3. The summed E-state index contributed by atoms with van der Waals surface area (Å²) in [4.78, 5) is 15.3. The van der Waals surface area contributed by atoms with E-state index in [1.807, 2.05) is 346 Å². The third-order valence-electron chi connectivity index (χ3n) is 20.0. The normalized spacial score (nSPS) is 12.2. The predicted octanol–water partition coefficient (Wildman–Crippen LogP) is 19.3. The van der Waals surface area contributed by atoms with E-state index in [-0.39, 0.29) is 0 Å². The molecule has 3 aliphatic rings. The lowest BCUT2D eigenvalue weighted by molar-refractivity contribution is 0.476. The van der Waals surface area contributed by atoms with Crippen LogP contribution in [0.25, 0.3) is 84.3 Å². The first kappa shape index (κ1) is 65.6. The van der Waals surface area contributed by atoms with E-state index < -0.39 is 21.4 Å². The highest BCUT2D eigenvalue weighted by Gasteiger charge is 2.40. The summed E-state index contributed by atoms with van der Waals surface area (Å²) in [6.45, 7) is 0. The van der Waals surface area contributed by atoms with Crippen LogP contribution in [0.15, 0.2) is 382 Å². The standard InChI is InChI=1S/3C31H21N2O2P/c34-36(23-14-6-2-7-15-23,24-16-8-3-9-17-24)25-20-26-30-29(21-25)35-28-19-11-10-18-27(28)33(30)31(32-26)22-12-4-1-5-13-22;34-36(23-14-6-2-7-15-23,24-16-8-3-9-17-24)28-21-20-25-29-30(28)35-27-19-11-10-18-26(27)33(29)31(32-25)22-12-4-1-5-13-22;34-36(23-14-6-2-7-15-23,24-16-8-3-9-17-24)28-21-20-27-30-29(28)32-31(22-12-4-1-5-13-22)33(30)25-18-10-11-19-26(25)35-27/h3*1-21H. The van der Waals surface area contributed by atoms with Crippen LogP contribution in [0, 0.1) is 0 Å². The van der Waals surface area contributed by atoms with Crippen molar-refractivity contribution in [2.24, 2.45) is 0 Å². The van der Waals surface area contributed by atoms with Gasteiger partial charge in [-0.3, -0.25) is 13.7 Å². The van der Waals surface area contributed by atoms with Gasteiger partial charge in [0.15, 0.2) is 55.9 Å². The number of imidazole rings is 3. The van der Waals surface area contributed by atoms with Crippen molar-refractivity contribution in [3.05, 3.63) is 382 Å². The molecule has 0 bridgehead atoms. The topological polar surface area (TPSA) is 132 Å². The van der Waals surface area contributed by atoms with Crippen LogP contribution in [0.4, 0.5) is 0 Å². The van der Waals surface area contributed by atoms with Crippen LogP contribution in [-0.4, -0.2) is 28.7 Å². The van der Waals surface area contributed by atoms with E-state index in [0.29, 0.717) is 44.4 Å². The molecule has 21 rings (SSSR count). The van der Waals surface area contributed by atoms with Gasteiger partial charge in [0.25, 0.3) is 0 Å². The van der Waals surface area contributed by atoms with Gasteiger partial charge in [0.05, 0.1) is 33.4 Å². The Balaban J connectivity index is 0.000000110. The summed E-state index contributed by atoms with van der Waals surface area (Å²) in [5.41, 5.74) is 10.5. The zero-order valence-electron chi connectivity index (χ0n) is 57.8. The first-order valence-electron chi connectivity index (χ1n) is 35.5. The fourth-order valence-electron chi connectivity index (χ4n) is 15.1. The van der Waals surface area contributed by atoms with Crippen LogP contribution >= 0.6 is 21.4 Å². The van der Waals surface area contributed by atoms with Crippen molar-refractivity contribution in [1.29, 1.82) is 0 Å². The lowest BCUT2D eigenvalue weighted by atomic mass is 10.2. The van der Waals surface area contributed by atoms with Crippen LogP contribution in [-0.2, 0) is 13.7 Å². The number of ether oxygens (including phenoxy) is 3. The van der Waals surface area contributed by atoms with Crippen molar-refractivity contribution >= 4 is 102 Å². The first-order chi connectivity index (χ1) is 53.2. The minimum atomic E-state index is -3.26. The Hall–Kier alpha value is -13.2. The van der Waals surface area contributed by atoms with Gasteiger partial charge >= 0.3 is 0 Å². The molecule has 15 aromatic carbocycles. The second-order valence-corrected chi connectivity index (χ2v) is 34.6. The molecule has 15 heteroatoms. The number of hydrogen-bond donors (Lipinski definition) is 0. The van der Waals surface area contributed by atoms with Crippen LogP contribution in [0.5, 0.6) is 34.5 Å². The van der Waals surface area contributed by atoms with Crippen molar-refractivity contribution < 1.29 is 27.9 Å². The Kier molecular flexibility index (Phi) is 16.4. The van der Waals surface area contributed by atoms with E-state index in [2.05, 4.69) is 50.1 Å². The number of fused-ring (bicyclic) bond motifs is 6. The van der Waals surface area contributed by atoms with E-state index >= 15 is 13.7 Å². The number of rotatable bonds is 12. The summed E-state index contributed by atoms with van der Waals surface area (Å²) in [7, 11) is -9.69. The quantitative estimate of drug-likeness (QED) is 0.110. The van der Waals surface area contributed by atoms with E-state index in [0.717, 1.165) is 122 Å². The van der Waals surface area contributed by atoms with Crippen molar-refractivity contribution in [1.82, 2.24) is 28.7 Å². The molecule has 0 N–H and O–H groups in total. The number of hydrogen-bond acceptors (Lipinski definition) is 9. The summed E-state index contributed by atoms with van der Waals surface area (Å²) in [6.07, 6.45) is 0. The van der Waals surface area contributed by atoms with Gasteiger partial charge in [0.2, 0.25) is 0 Å². The molecule has 3 aliphatic heterocycles. The highest BCUT2D eigenvalue weighted by atomic mass is 31.2. The SMILES string of the molecule is O=P(c1ccccc1)(c1ccccc1)c1cc2c3c(c1)nc(-c1ccccc1)n3-c1ccccc1O2.O=P(c1ccccc1)(c1ccccc1)c1ccc2c3c1nc(-c1ccccc1)n3-c1ccccc1O2.O=P(c1ccccc1)(c1ccccc1)c1ccc2nc(-c3ccccc3)n3c2c1Oc1ccccc1-3. The fraction of sp³-hybridized carbons (Fsp3) is 0. The molecule has 18 aromatic rings. The first-order valence-corrected chi connectivity index (χ1v) is 40.7. The highest BCUT2D eigenvalue weighted by molar-refractivity contribution is 7.86. The molecule has 516 valence electrons. The molecule has 6 heterocycles. The van der Waals surface area contributed by atoms with Gasteiger partial charge in [-0.05, 0) is 72.8 Å². The molecular weight excluding hydrogens is 1390 g/mol. The van der Waals surface area contributed by atoms with Crippen molar-refractivity contribution in [2.75, 3.05) is 0 Å². The van der Waals surface area contributed by atoms with Crippen molar-refractivity contribution in [3.8, 4) is 85.7 Å². The minimum Gasteiger partial charge on any atom is -0.453 e. The second kappa shape index (κ2) is 27.1. The molecule has 0 atom stereocenters. The van der Waals surface area contributed by atoms with E-state index in [4.69, 9.17) is 29.2 Å². The summed E-state index contributed by atoms with van der Waals surface area (Å²) in [5, 5.41) is 6.72. The summed E-state index contributed by atoms with van der Waals surface area (Å²) < 4.78 is 71.4. The molecule has 3 aromatic heterocycles. The molecule has 12 nitrogen and oxygen atoms in total. The van der Waals surface area contributed by atoms with Gasteiger partial charge in [-0.15, -0.1) is 0 Å². The van der Waals surface area contributed by atoms with Crippen LogP contribution in [0.2, 0.25) is 0 Å². The van der Waals surface area contributed by atoms with Crippen LogP contribution in [0.3, 0.4) is 0 Å². The number of nitrogens with zero attached hydrogens (tertiary/aromatic N) is 6. The number of para-hydroxylation sites is 6. The maximum atomic E-state index is 15.3. The van der Waals surface area contributed by atoms with E-state index in [9.17, 15) is 0 Å². The number of benzene rings is 15. The average molecular weight is 1450 g/mol. The Morgan fingerprint density at radius 2 is 0.556 bits per heavy atom. The molecule has 0 radical (unpaired) electrons. The monoisotopic (exact) mass is 1450 g/mol. The zero-order chi connectivity index (χ0) is 72.3. The Labute approximate surface area is 622 Å². The van der Waals surface area contributed by atoms with Gasteiger partial charge in [-0.1, -0.05) is 309 Å². The molecule has 108 heavy (non-hydrogen) atoms. The lowest BCUT2D eigenvalue weighted by Gasteiger charge is -2.26. The average Bonchev–Trinajstić information content (AvgIpc) is 1.48. The molecular formula is C93H63N6O6P3. The lowest BCUT2D eigenvalue weighted by Crippen LogP contribution is -2.27. The smallest absolute Gasteiger partial charge is 0.174 e. The Morgan fingerprint density at radius 3 is 0.991 bits per heavy atom. The molecule has 0 amide bonds. The fourth-order valence-corrected chi connectivity index (χ4v) is 23.3. The van der Waals surface area contributed by atoms with Gasteiger partial charge in [-0.2, -0.15) is 0 Å². The Bertz CT molecular complexity index is 6430.